The van der Waals surface area contributed by atoms with Crippen LogP contribution in [0.5, 0.6) is 0 Å². The van der Waals surface area contributed by atoms with Gasteiger partial charge in [-0.05, 0) is 140 Å². The van der Waals surface area contributed by atoms with Crippen molar-refractivity contribution >= 4 is 119 Å². The molecule has 22 heteroatoms. The number of primary amides is 1. The van der Waals surface area contributed by atoms with Crippen LogP contribution >= 0.6 is 69.4 Å². The van der Waals surface area contributed by atoms with Gasteiger partial charge < -0.3 is 27.0 Å². The minimum atomic E-state index is -3.60. The fourth-order valence-corrected chi connectivity index (χ4v) is 17.1. The summed E-state index contributed by atoms with van der Waals surface area (Å²) in [7, 11) is -7.16. The molecule has 6 aromatic rings. The van der Waals surface area contributed by atoms with Crippen molar-refractivity contribution in [2.24, 2.45) is 5.73 Å². The first kappa shape index (κ1) is 53.7. The SMILES string of the molecule is NC(=O)c1ccc(NC2CCN(S(=O)(=O)c3ccc(CNC(=O)c4ccc(Cl)cc4)s3)CC2)cc1.O=C(NCc1ccc(S(=O)(=O)N2CCC(Nc3ccc(C4SCCS4)cc3)CC2)s1)c1ccc(Cl)cc1. The zero-order chi connectivity index (χ0) is 50.8. The van der Waals surface area contributed by atoms with Gasteiger partial charge in [0.05, 0.1) is 17.7 Å². The molecule has 3 amide bonds. The van der Waals surface area contributed by atoms with E-state index in [0.717, 1.165) is 45.3 Å². The van der Waals surface area contributed by atoms with Gasteiger partial charge in [0.2, 0.25) is 5.91 Å². The Kier molecular flexibility index (Phi) is 18.4. The zero-order valence-electron chi connectivity index (χ0n) is 38.8. The topological polar surface area (TPSA) is 200 Å². The van der Waals surface area contributed by atoms with Crippen LogP contribution in [0.2, 0.25) is 10.0 Å². The first-order valence-electron chi connectivity index (χ1n) is 23.1. The Labute approximate surface area is 446 Å². The molecule has 0 spiro atoms. The molecule has 380 valence electrons. The van der Waals surface area contributed by atoms with Crippen molar-refractivity contribution in [3.63, 3.8) is 0 Å². The van der Waals surface area contributed by atoms with Crippen LogP contribution in [0.3, 0.4) is 0 Å². The number of hydrogen-bond donors (Lipinski definition) is 5. The molecular formula is C50H53Cl2N7O7S6. The lowest BCUT2D eigenvalue weighted by atomic mass is 10.1. The number of sulfonamides is 2. The summed E-state index contributed by atoms with van der Waals surface area (Å²) in [6.07, 6.45) is 2.83. The highest BCUT2D eigenvalue weighted by molar-refractivity contribution is 8.19. The number of nitrogens with zero attached hydrogens (tertiary/aromatic N) is 2. The van der Waals surface area contributed by atoms with Crippen molar-refractivity contribution in [2.45, 2.75) is 63.9 Å². The Morgan fingerprint density at radius 2 is 0.903 bits per heavy atom. The molecule has 0 unspecified atom stereocenters. The molecule has 5 heterocycles. The molecular weight excluding hydrogens is 1070 g/mol. The number of piperidine rings is 2. The quantitative estimate of drug-likeness (QED) is 0.0618. The second-order valence-corrected chi connectivity index (χ2v) is 27.4. The minimum absolute atomic E-state index is 0.128. The lowest BCUT2D eigenvalue weighted by Crippen LogP contribution is -2.42. The highest BCUT2D eigenvalue weighted by Crippen LogP contribution is 2.45. The Morgan fingerprint density at radius 3 is 1.29 bits per heavy atom. The van der Waals surface area contributed by atoms with Crippen molar-refractivity contribution in [3.8, 4) is 0 Å². The number of halogens is 2. The summed E-state index contributed by atoms with van der Waals surface area (Å²) in [5.41, 5.74) is 10.0. The van der Waals surface area contributed by atoms with Crippen molar-refractivity contribution < 1.29 is 31.2 Å². The van der Waals surface area contributed by atoms with Crippen molar-refractivity contribution in [3.05, 3.63) is 163 Å². The van der Waals surface area contributed by atoms with Crippen LogP contribution in [0.4, 0.5) is 11.4 Å². The fourth-order valence-electron chi connectivity index (χ4n) is 8.15. The molecule has 3 aliphatic rings. The van der Waals surface area contributed by atoms with Crippen LogP contribution in [0.15, 0.2) is 130 Å². The van der Waals surface area contributed by atoms with E-state index in [1.165, 1.54) is 32.7 Å². The predicted molar refractivity (Wildman–Crippen MR) is 294 cm³/mol. The number of amides is 3. The number of benzene rings is 4. The molecule has 3 fully saturated rings. The van der Waals surface area contributed by atoms with Gasteiger partial charge >= 0.3 is 0 Å². The fraction of sp³-hybridized carbons (Fsp3) is 0.300. The lowest BCUT2D eigenvalue weighted by molar-refractivity contribution is 0.0943. The third-order valence-corrected chi connectivity index (χ3v) is 22.7. The lowest BCUT2D eigenvalue weighted by Gasteiger charge is -2.31. The van der Waals surface area contributed by atoms with E-state index < -0.39 is 26.0 Å². The highest BCUT2D eigenvalue weighted by Gasteiger charge is 2.32. The summed E-state index contributed by atoms with van der Waals surface area (Å²) in [5, 5.41) is 13.7. The number of nitrogens with two attached hydrogens (primary N) is 1. The number of thiophene rings is 2. The van der Waals surface area contributed by atoms with Crippen LogP contribution in [0, 0.1) is 0 Å². The molecule has 3 saturated heterocycles. The molecule has 9 rings (SSSR count). The van der Waals surface area contributed by atoms with E-state index >= 15 is 0 Å². The number of nitrogens with one attached hydrogen (secondary N) is 4. The molecule has 0 aliphatic carbocycles. The second kappa shape index (κ2) is 24.6. The number of anilines is 2. The summed E-state index contributed by atoms with van der Waals surface area (Å²) in [6, 6.07) is 35.9. The number of thioether (sulfide) groups is 2. The largest absolute Gasteiger partial charge is 0.382 e. The normalized spacial score (nSPS) is 16.4. The summed E-state index contributed by atoms with van der Waals surface area (Å²) in [5.74, 6) is 1.47. The molecule has 72 heavy (non-hydrogen) atoms. The maximum atomic E-state index is 13.2. The first-order valence-corrected chi connectivity index (χ1v) is 30.5. The van der Waals surface area contributed by atoms with Crippen LogP contribution in [-0.2, 0) is 33.1 Å². The first-order chi connectivity index (χ1) is 34.6. The van der Waals surface area contributed by atoms with Gasteiger partial charge in [-0.3, -0.25) is 14.4 Å². The Morgan fingerprint density at radius 1 is 0.528 bits per heavy atom. The summed E-state index contributed by atoms with van der Waals surface area (Å²) in [6.45, 7) is 2.27. The van der Waals surface area contributed by atoms with Crippen LogP contribution in [-0.4, -0.2) is 92.9 Å². The number of hydrogen-bond acceptors (Lipinski definition) is 13. The van der Waals surface area contributed by atoms with E-state index in [4.69, 9.17) is 28.9 Å². The summed E-state index contributed by atoms with van der Waals surface area (Å²) < 4.78 is 56.9. The van der Waals surface area contributed by atoms with E-state index in [0.29, 0.717) is 74.5 Å². The smallest absolute Gasteiger partial charge is 0.252 e. The van der Waals surface area contributed by atoms with Crippen molar-refractivity contribution in [1.82, 2.24) is 19.2 Å². The average Bonchev–Trinajstić information content (AvgIpc) is 4.21. The molecule has 0 atom stereocenters. The Hall–Kier alpha value is -4.61. The van der Waals surface area contributed by atoms with Gasteiger partial charge in [0.25, 0.3) is 31.9 Å². The Balaban J connectivity index is 0.000000193. The average molecular weight is 1130 g/mol. The molecule has 4 aromatic carbocycles. The monoisotopic (exact) mass is 1130 g/mol. The number of carbonyl (C=O) groups is 3. The van der Waals surface area contributed by atoms with E-state index in [-0.39, 0.29) is 41.2 Å². The van der Waals surface area contributed by atoms with Crippen LogP contribution in [0.25, 0.3) is 0 Å². The van der Waals surface area contributed by atoms with Crippen LogP contribution < -0.4 is 27.0 Å². The zero-order valence-corrected chi connectivity index (χ0v) is 45.2. The third kappa shape index (κ3) is 14.2. The van der Waals surface area contributed by atoms with Gasteiger partial charge in [-0.2, -0.15) is 8.61 Å². The summed E-state index contributed by atoms with van der Waals surface area (Å²) >= 11 is 18.1. The van der Waals surface area contributed by atoms with Gasteiger partial charge in [-0.15, -0.1) is 46.2 Å². The maximum absolute atomic E-state index is 13.2. The highest BCUT2D eigenvalue weighted by atomic mass is 35.5. The molecule has 0 radical (unpaired) electrons. The second-order valence-electron chi connectivity index (χ2n) is 17.1. The van der Waals surface area contributed by atoms with Crippen molar-refractivity contribution in [1.29, 1.82) is 0 Å². The molecule has 14 nitrogen and oxygen atoms in total. The minimum Gasteiger partial charge on any atom is -0.382 e. The van der Waals surface area contributed by atoms with E-state index in [1.807, 2.05) is 23.5 Å². The van der Waals surface area contributed by atoms with Gasteiger partial charge in [-0.25, -0.2) is 16.8 Å². The molecule has 0 bridgehead atoms. The summed E-state index contributed by atoms with van der Waals surface area (Å²) in [4.78, 5) is 37.4. The molecule has 0 saturated carbocycles. The maximum Gasteiger partial charge on any atom is 0.252 e. The Bertz CT molecular complexity index is 3030. The van der Waals surface area contributed by atoms with Gasteiger partial charge in [0, 0.05) is 97.6 Å². The van der Waals surface area contributed by atoms with Gasteiger partial charge in [-0.1, -0.05) is 35.3 Å². The van der Waals surface area contributed by atoms with E-state index in [9.17, 15) is 31.2 Å². The van der Waals surface area contributed by atoms with Crippen LogP contribution in [0.1, 0.15) is 76.7 Å². The number of rotatable bonds is 16. The molecule has 6 N–H and O–H groups in total. The predicted octanol–water partition coefficient (Wildman–Crippen LogP) is 9.77. The molecule has 2 aromatic heterocycles. The number of carbonyl (C=O) groups excluding carboxylic acids is 3. The van der Waals surface area contributed by atoms with Gasteiger partial charge in [0.1, 0.15) is 8.42 Å². The van der Waals surface area contributed by atoms with E-state index in [1.54, 1.807) is 101 Å². The van der Waals surface area contributed by atoms with E-state index in [2.05, 4.69) is 45.5 Å². The molecule has 3 aliphatic heterocycles. The van der Waals surface area contributed by atoms with Gasteiger partial charge in [0.15, 0.2) is 0 Å². The third-order valence-electron chi connectivity index (χ3n) is 12.1. The van der Waals surface area contributed by atoms with Crippen molar-refractivity contribution in [2.75, 3.05) is 48.3 Å². The standard InChI is InChI=1S/C26H28ClN3O3S4.C24H25ClN4O4S2/c27-20-5-1-18(2-6-20)25(31)28-17-23-9-10-24(36-23)37(32,33)30-13-11-22(12-14-30)29-21-7-3-19(4-8-21)26-34-15-16-35-26;25-18-5-1-17(2-6-18)24(31)27-15-21-9-10-22(34-21)35(32,33)29-13-11-20(12-14-29)28-19-7-3-16(4-8-19)23(26)30/h1-10,22,26,29H,11-17H2,(H,28,31);1-10,20,28H,11-15H2,(H2,26,30)(H,27,31).